The number of H-pyrrole nitrogens is 1. The molecule has 1 N–H and O–H groups in total. The third-order valence-electron chi connectivity index (χ3n) is 1.60. The van der Waals surface area contributed by atoms with Gasteiger partial charge < -0.3 is 14.9 Å². The summed E-state index contributed by atoms with van der Waals surface area (Å²) in [6, 6.07) is 0.696. The van der Waals surface area contributed by atoms with Crippen molar-refractivity contribution in [3.05, 3.63) is 32.1 Å². The van der Waals surface area contributed by atoms with Crippen LogP contribution in [0.4, 0.5) is 19.0 Å². The molecule has 6 nitrogen and oxygen atoms in total. The molecular weight excluding hydrogens is 269 g/mol. The van der Waals surface area contributed by atoms with E-state index in [9.17, 15) is 28.1 Å². The highest BCUT2D eigenvalue weighted by Crippen LogP contribution is 2.33. The molecule has 0 fully saturated rings. The van der Waals surface area contributed by atoms with Crippen LogP contribution >= 0.6 is 11.6 Å². The van der Waals surface area contributed by atoms with Gasteiger partial charge in [-0.3, -0.25) is 0 Å². The Hall–Kier alpha value is -1.77. The predicted octanol–water partition coefficient (Wildman–Crippen LogP) is 1.92. The quantitative estimate of drug-likeness (QED) is 0.517. The molecule has 0 unspecified atom stereocenters. The maximum absolute atomic E-state index is 12.0. The van der Waals surface area contributed by atoms with E-state index in [0.29, 0.717) is 6.07 Å². The molecule has 0 amide bonds. The summed E-state index contributed by atoms with van der Waals surface area (Å²) in [6.45, 7) is 0. The minimum atomic E-state index is -5.12. The van der Waals surface area contributed by atoms with Gasteiger partial charge >= 0.3 is 17.7 Å². The number of hydrogen-bond donors (Lipinski definition) is 1. The molecule has 0 spiro atoms. The number of rotatable bonds is 3. The van der Waals surface area contributed by atoms with Crippen molar-refractivity contribution in [2.45, 2.75) is 12.2 Å². The fourth-order valence-corrected chi connectivity index (χ4v) is 1.24. The first-order valence-electron chi connectivity index (χ1n) is 3.97. The summed E-state index contributed by atoms with van der Waals surface area (Å²) < 4.78 is 39.5. The van der Waals surface area contributed by atoms with E-state index in [1.807, 2.05) is 0 Å². The Labute approximate surface area is 96.1 Å². The molecule has 1 aromatic rings. The van der Waals surface area contributed by atoms with Gasteiger partial charge in [-0.1, -0.05) is 0 Å². The summed E-state index contributed by atoms with van der Waals surface area (Å²) in [4.78, 5) is 21.8. The molecular formula is C7H4ClF3N2O4. The van der Waals surface area contributed by atoms with Crippen molar-refractivity contribution in [2.24, 2.45) is 0 Å². The van der Waals surface area contributed by atoms with Gasteiger partial charge in [-0.05, 0) is 4.92 Å². The molecule has 0 saturated heterocycles. The summed E-state index contributed by atoms with van der Waals surface area (Å²) in [5, 5.41) is 10.5. The highest BCUT2D eigenvalue weighted by Gasteiger charge is 2.36. The van der Waals surface area contributed by atoms with Crippen LogP contribution in [0.15, 0.2) is 10.9 Å². The number of hydrogen-bond acceptors (Lipinski definition) is 4. The highest BCUT2D eigenvalue weighted by atomic mass is 35.5. The summed E-state index contributed by atoms with van der Waals surface area (Å²) in [7, 11) is 0. The molecule has 0 aliphatic carbocycles. The summed E-state index contributed by atoms with van der Waals surface area (Å²) >= 11 is 5.29. The Morgan fingerprint density at radius 2 is 2.12 bits per heavy atom. The molecule has 94 valence electrons. The fraction of sp³-hybridized carbons (Fsp3) is 0.286. The minimum absolute atomic E-state index is 0.417. The number of nitrogens with zero attached hydrogens (tertiary/aromatic N) is 1. The first-order chi connectivity index (χ1) is 7.74. The van der Waals surface area contributed by atoms with Crippen LogP contribution in [0.2, 0.25) is 0 Å². The summed E-state index contributed by atoms with van der Waals surface area (Å²) in [5.41, 5.74) is -1.36. The monoisotopic (exact) mass is 272 g/mol. The van der Waals surface area contributed by atoms with Gasteiger partial charge in [0.05, 0.1) is 5.88 Å². The van der Waals surface area contributed by atoms with Gasteiger partial charge in [-0.25, -0.2) is 9.78 Å². The lowest BCUT2D eigenvalue weighted by atomic mass is 10.2. The SMILES string of the molecule is O=c1cc(CCl)c(OC(F)(F)F)c([N+](=O)[O-])[nH]1. The minimum Gasteiger partial charge on any atom is -0.396 e. The van der Waals surface area contributed by atoms with Crippen molar-refractivity contribution in [2.75, 3.05) is 0 Å². The van der Waals surface area contributed by atoms with Crippen LogP contribution in [-0.2, 0) is 5.88 Å². The zero-order valence-electron chi connectivity index (χ0n) is 7.88. The molecule has 0 aliphatic heterocycles. The van der Waals surface area contributed by atoms with E-state index >= 15 is 0 Å². The molecule has 0 saturated carbocycles. The molecule has 1 aromatic heterocycles. The van der Waals surface area contributed by atoms with Gasteiger partial charge in [0, 0.05) is 11.6 Å². The zero-order valence-corrected chi connectivity index (χ0v) is 8.63. The predicted molar refractivity (Wildman–Crippen MR) is 50.0 cm³/mol. The van der Waals surface area contributed by atoms with Crippen molar-refractivity contribution in [3.63, 3.8) is 0 Å². The molecule has 0 bridgehead atoms. The summed E-state index contributed by atoms with van der Waals surface area (Å²) in [6.07, 6.45) is -5.12. The van der Waals surface area contributed by atoms with Crippen LogP contribution in [0.5, 0.6) is 5.75 Å². The van der Waals surface area contributed by atoms with Gasteiger partial charge in [0.2, 0.25) is 5.75 Å². The number of nitrogens with one attached hydrogen (secondary N) is 1. The van der Waals surface area contributed by atoms with Gasteiger partial charge in [-0.15, -0.1) is 24.8 Å². The number of aromatic amines is 1. The molecule has 0 aliphatic rings. The zero-order chi connectivity index (χ0) is 13.2. The Kier molecular flexibility index (Phi) is 3.61. The van der Waals surface area contributed by atoms with Crippen molar-refractivity contribution >= 4 is 17.4 Å². The van der Waals surface area contributed by atoms with Gasteiger partial charge in [0.25, 0.3) is 0 Å². The van der Waals surface area contributed by atoms with Gasteiger partial charge in [-0.2, -0.15) is 0 Å². The lowest BCUT2D eigenvalue weighted by Gasteiger charge is -2.11. The lowest BCUT2D eigenvalue weighted by Crippen LogP contribution is -2.21. The molecule has 17 heavy (non-hydrogen) atoms. The highest BCUT2D eigenvalue weighted by molar-refractivity contribution is 6.17. The molecule has 0 radical (unpaired) electrons. The number of nitro groups is 1. The van der Waals surface area contributed by atoms with Crippen LogP contribution in [-0.4, -0.2) is 16.3 Å². The van der Waals surface area contributed by atoms with Crippen molar-refractivity contribution in [3.8, 4) is 5.75 Å². The number of aromatic nitrogens is 1. The maximum atomic E-state index is 12.0. The van der Waals surface area contributed by atoms with Crippen molar-refractivity contribution < 1.29 is 22.8 Å². The van der Waals surface area contributed by atoms with Crippen LogP contribution in [0.1, 0.15) is 5.56 Å². The van der Waals surface area contributed by atoms with E-state index < -0.39 is 39.9 Å². The van der Waals surface area contributed by atoms with Crippen LogP contribution in [0, 0.1) is 10.1 Å². The van der Waals surface area contributed by atoms with E-state index in [1.54, 1.807) is 4.98 Å². The second kappa shape index (κ2) is 4.62. The third kappa shape index (κ3) is 3.34. The van der Waals surface area contributed by atoms with E-state index in [4.69, 9.17) is 11.6 Å². The molecule has 1 heterocycles. The fourth-order valence-electron chi connectivity index (χ4n) is 1.04. The maximum Gasteiger partial charge on any atom is 0.573 e. The number of halogens is 4. The molecule has 0 aromatic carbocycles. The Morgan fingerprint density at radius 3 is 2.53 bits per heavy atom. The average Bonchev–Trinajstić information content (AvgIpc) is 2.17. The first kappa shape index (κ1) is 13.3. The van der Waals surface area contributed by atoms with Crippen LogP contribution < -0.4 is 10.3 Å². The standard InChI is InChI=1S/C7H4ClF3N2O4/c8-2-3-1-4(14)12-6(13(15)16)5(3)17-7(9,10)11/h1H,2H2,(H,12,14). The molecule has 10 heteroatoms. The average molecular weight is 273 g/mol. The van der Waals surface area contributed by atoms with E-state index in [1.165, 1.54) is 0 Å². The number of ether oxygens (including phenoxy) is 1. The first-order valence-corrected chi connectivity index (χ1v) is 4.50. The second-order valence-electron chi connectivity index (χ2n) is 2.78. The second-order valence-corrected chi connectivity index (χ2v) is 3.04. The van der Waals surface area contributed by atoms with Crippen molar-refractivity contribution in [1.29, 1.82) is 0 Å². The Bertz CT molecular complexity index is 499. The lowest BCUT2D eigenvalue weighted by molar-refractivity contribution is -0.393. The smallest absolute Gasteiger partial charge is 0.396 e. The van der Waals surface area contributed by atoms with Crippen molar-refractivity contribution in [1.82, 2.24) is 4.98 Å². The molecule has 1 rings (SSSR count). The van der Waals surface area contributed by atoms with Crippen LogP contribution in [0.3, 0.4) is 0 Å². The molecule has 0 atom stereocenters. The largest absolute Gasteiger partial charge is 0.573 e. The van der Waals surface area contributed by atoms with Gasteiger partial charge in [0.15, 0.2) is 0 Å². The third-order valence-corrected chi connectivity index (χ3v) is 1.89. The van der Waals surface area contributed by atoms with E-state index in [-0.39, 0.29) is 0 Å². The van der Waals surface area contributed by atoms with E-state index in [0.717, 1.165) is 0 Å². The number of pyridine rings is 1. The van der Waals surface area contributed by atoms with E-state index in [2.05, 4.69) is 4.74 Å². The van der Waals surface area contributed by atoms with Crippen LogP contribution in [0.25, 0.3) is 0 Å². The Morgan fingerprint density at radius 1 is 1.53 bits per heavy atom. The normalized spacial score (nSPS) is 11.3. The number of alkyl halides is 4. The summed E-state index contributed by atoms with van der Waals surface area (Å²) in [5.74, 6) is -2.83. The van der Waals surface area contributed by atoms with Gasteiger partial charge in [0.1, 0.15) is 0 Å². The Balaban J connectivity index is 3.42. The topological polar surface area (TPSA) is 85.2 Å².